The van der Waals surface area contributed by atoms with Crippen LogP contribution in [0, 0.1) is 0 Å². The monoisotopic (exact) mass is 240 g/mol. The summed E-state index contributed by atoms with van der Waals surface area (Å²) in [5.74, 6) is 0.343. The Bertz CT molecular complexity index is 709. The average molecular weight is 240 g/mol. The SMILES string of the molecule is CCn1ccnc1C(=O)c1coc2ccccc12. The number of imidazole rings is 1. The van der Waals surface area contributed by atoms with Crippen molar-refractivity contribution in [1.29, 1.82) is 0 Å². The zero-order valence-electron chi connectivity index (χ0n) is 9.96. The molecule has 0 fully saturated rings. The van der Waals surface area contributed by atoms with Gasteiger partial charge in [-0.1, -0.05) is 18.2 Å². The van der Waals surface area contributed by atoms with Crippen molar-refractivity contribution < 1.29 is 9.21 Å². The van der Waals surface area contributed by atoms with Crippen LogP contribution in [-0.2, 0) is 6.54 Å². The van der Waals surface area contributed by atoms with Gasteiger partial charge in [0, 0.05) is 24.3 Å². The van der Waals surface area contributed by atoms with E-state index < -0.39 is 0 Å². The summed E-state index contributed by atoms with van der Waals surface area (Å²) in [6, 6.07) is 7.50. The molecule has 4 heteroatoms. The lowest BCUT2D eigenvalue weighted by molar-refractivity contribution is 0.102. The molecule has 2 heterocycles. The van der Waals surface area contributed by atoms with Crippen LogP contribution >= 0.6 is 0 Å². The second-order valence-electron chi connectivity index (χ2n) is 4.01. The summed E-state index contributed by atoms with van der Waals surface area (Å²) in [5, 5.41) is 0.827. The molecule has 0 spiro atoms. The number of carbonyl (C=O) groups is 1. The second kappa shape index (κ2) is 4.14. The van der Waals surface area contributed by atoms with Crippen molar-refractivity contribution in [3.05, 3.63) is 54.3 Å². The van der Waals surface area contributed by atoms with Crippen molar-refractivity contribution in [1.82, 2.24) is 9.55 Å². The van der Waals surface area contributed by atoms with Gasteiger partial charge in [0.25, 0.3) is 0 Å². The first-order chi connectivity index (χ1) is 8.81. The number of hydrogen-bond acceptors (Lipinski definition) is 3. The molecule has 3 rings (SSSR count). The summed E-state index contributed by atoms with van der Waals surface area (Å²) in [7, 11) is 0. The quantitative estimate of drug-likeness (QED) is 0.661. The number of aryl methyl sites for hydroxylation is 1. The van der Waals surface area contributed by atoms with E-state index in [1.807, 2.05) is 35.8 Å². The fourth-order valence-electron chi connectivity index (χ4n) is 2.05. The highest BCUT2D eigenvalue weighted by molar-refractivity contribution is 6.14. The first kappa shape index (κ1) is 10.8. The van der Waals surface area contributed by atoms with E-state index in [1.54, 1.807) is 12.4 Å². The van der Waals surface area contributed by atoms with E-state index in [-0.39, 0.29) is 5.78 Å². The fourth-order valence-corrected chi connectivity index (χ4v) is 2.05. The summed E-state index contributed by atoms with van der Waals surface area (Å²) >= 11 is 0. The molecule has 0 saturated heterocycles. The Morgan fingerprint density at radius 3 is 3.06 bits per heavy atom. The molecule has 18 heavy (non-hydrogen) atoms. The van der Waals surface area contributed by atoms with E-state index in [1.165, 1.54) is 6.26 Å². The van der Waals surface area contributed by atoms with Crippen LogP contribution < -0.4 is 0 Å². The van der Waals surface area contributed by atoms with E-state index in [9.17, 15) is 4.79 Å². The summed E-state index contributed by atoms with van der Waals surface area (Å²) in [6.07, 6.45) is 4.94. The highest BCUT2D eigenvalue weighted by Crippen LogP contribution is 2.22. The molecule has 90 valence electrons. The number of fused-ring (bicyclic) bond motifs is 1. The number of benzene rings is 1. The molecule has 0 N–H and O–H groups in total. The van der Waals surface area contributed by atoms with Gasteiger partial charge < -0.3 is 8.98 Å². The number of aromatic nitrogens is 2. The van der Waals surface area contributed by atoms with Crippen LogP contribution in [0.5, 0.6) is 0 Å². The molecule has 0 atom stereocenters. The predicted molar refractivity (Wildman–Crippen MR) is 67.5 cm³/mol. The lowest BCUT2D eigenvalue weighted by atomic mass is 10.1. The number of rotatable bonds is 3. The van der Waals surface area contributed by atoms with E-state index >= 15 is 0 Å². The molecule has 3 aromatic rings. The second-order valence-corrected chi connectivity index (χ2v) is 4.01. The molecule has 4 nitrogen and oxygen atoms in total. The predicted octanol–water partition coefficient (Wildman–Crippen LogP) is 2.88. The topological polar surface area (TPSA) is 48.0 Å². The molecule has 0 amide bonds. The fraction of sp³-hybridized carbons (Fsp3) is 0.143. The van der Waals surface area contributed by atoms with Gasteiger partial charge in [0.2, 0.25) is 5.78 Å². The molecular weight excluding hydrogens is 228 g/mol. The van der Waals surface area contributed by atoms with Crippen molar-refractivity contribution in [2.75, 3.05) is 0 Å². The van der Waals surface area contributed by atoms with Crippen molar-refractivity contribution in [3.63, 3.8) is 0 Å². The Morgan fingerprint density at radius 1 is 1.39 bits per heavy atom. The maximum Gasteiger partial charge on any atom is 0.232 e. The largest absolute Gasteiger partial charge is 0.464 e. The minimum atomic E-state index is -0.105. The number of hydrogen-bond donors (Lipinski definition) is 0. The number of para-hydroxylation sites is 1. The third-order valence-corrected chi connectivity index (χ3v) is 2.98. The number of carbonyl (C=O) groups excluding carboxylic acids is 1. The maximum atomic E-state index is 12.4. The van der Waals surface area contributed by atoms with Crippen molar-refractivity contribution in [2.45, 2.75) is 13.5 Å². The van der Waals surface area contributed by atoms with Crippen LogP contribution in [0.1, 0.15) is 23.1 Å². The lowest BCUT2D eigenvalue weighted by Gasteiger charge is -2.02. The minimum absolute atomic E-state index is 0.105. The van der Waals surface area contributed by atoms with Gasteiger partial charge in [-0.05, 0) is 13.0 Å². The third-order valence-electron chi connectivity index (χ3n) is 2.98. The molecular formula is C14H12N2O2. The van der Waals surface area contributed by atoms with Gasteiger partial charge in [-0.3, -0.25) is 4.79 Å². The van der Waals surface area contributed by atoms with Crippen LogP contribution in [0.15, 0.2) is 47.3 Å². The van der Waals surface area contributed by atoms with Crippen LogP contribution in [0.3, 0.4) is 0 Å². The first-order valence-corrected chi connectivity index (χ1v) is 5.83. The first-order valence-electron chi connectivity index (χ1n) is 5.83. The molecule has 2 aromatic heterocycles. The molecule has 0 radical (unpaired) electrons. The Hall–Kier alpha value is -2.36. The number of nitrogens with zero attached hydrogens (tertiary/aromatic N) is 2. The third kappa shape index (κ3) is 1.54. The summed E-state index contributed by atoms with van der Waals surface area (Å²) < 4.78 is 7.21. The number of ketones is 1. The van der Waals surface area contributed by atoms with Crippen LogP contribution in [0.2, 0.25) is 0 Å². The van der Waals surface area contributed by atoms with E-state index in [2.05, 4.69) is 4.98 Å². The molecule has 0 unspecified atom stereocenters. The lowest BCUT2D eigenvalue weighted by Crippen LogP contribution is -2.09. The highest BCUT2D eigenvalue weighted by atomic mass is 16.3. The van der Waals surface area contributed by atoms with Crippen molar-refractivity contribution in [2.24, 2.45) is 0 Å². The van der Waals surface area contributed by atoms with Gasteiger partial charge in [-0.25, -0.2) is 4.98 Å². The van der Waals surface area contributed by atoms with E-state index in [0.29, 0.717) is 11.4 Å². The number of furan rings is 1. The maximum absolute atomic E-state index is 12.4. The Labute approximate surface area is 104 Å². The molecule has 0 bridgehead atoms. The van der Waals surface area contributed by atoms with Crippen LogP contribution in [0.4, 0.5) is 0 Å². The average Bonchev–Trinajstić information content (AvgIpc) is 3.04. The molecule has 0 aliphatic carbocycles. The molecule has 1 aromatic carbocycles. The normalized spacial score (nSPS) is 10.9. The van der Waals surface area contributed by atoms with Gasteiger partial charge in [0.05, 0.1) is 5.56 Å². The van der Waals surface area contributed by atoms with Gasteiger partial charge in [0.1, 0.15) is 11.8 Å². The Kier molecular flexibility index (Phi) is 2.48. The van der Waals surface area contributed by atoms with Crippen LogP contribution in [0.25, 0.3) is 11.0 Å². The zero-order valence-corrected chi connectivity index (χ0v) is 9.96. The molecule has 0 saturated carbocycles. The van der Waals surface area contributed by atoms with Crippen LogP contribution in [-0.4, -0.2) is 15.3 Å². The van der Waals surface area contributed by atoms with Gasteiger partial charge in [-0.15, -0.1) is 0 Å². The smallest absolute Gasteiger partial charge is 0.232 e. The van der Waals surface area contributed by atoms with Gasteiger partial charge in [0.15, 0.2) is 5.82 Å². The summed E-state index contributed by atoms with van der Waals surface area (Å²) in [5.41, 5.74) is 1.28. The van der Waals surface area contributed by atoms with E-state index in [0.717, 1.165) is 17.5 Å². The molecule has 0 aliphatic heterocycles. The highest BCUT2D eigenvalue weighted by Gasteiger charge is 2.19. The Balaban J connectivity index is 2.13. The zero-order chi connectivity index (χ0) is 12.5. The minimum Gasteiger partial charge on any atom is -0.464 e. The van der Waals surface area contributed by atoms with Crippen molar-refractivity contribution in [3.8, 4) is 0 Å². The van der Waals surface area contributed by atoms with Gasteiger partial charge >= 0.3 is 0 Å². The van der Waals surface area contributed by atoms with Gasteiger partial charge in [-0.2, -0.15) is 0 Å². The summed E-state index contributed by atoms with van der Waals surface area (Å²) in [6.45, 7) is 2.70. The Morgan fingerprint density at radius 2 is 2.22 bits per heavy atom. The molecule has 0 aliphatic rings. The standard InChI is InChI=1S/C14H12N2O2/c1-2-16-8-7-15-14(16)13(17)11-9-18-12-6-4-3-5-10(11)12/h3-9H,2H2,1H3. The summed E-state index contributed by atoms with van der Waals surface area (Å²) in [4.78, 5) is 16.5. The van der Waals surface area contributed by atoms with E-state index in [4.69, 9.17) is 4.42 Å². The van der Waals surface area contributed by atoms with Crippen molar-refractivity contribution >= 4 is 16.8 Å².